The Morgan fingerprint density at radius 3 is 2.41 bits per heavy atom. The Bertz CT molecular complexity index is 868. The molecular formula is C23H27BrO5. The molecule has 0 N–H and O–H groups in total. The van der Waals surface area contributed by atoms with Crippen LogP contribution in [0.4, 0.5) is 0 Å². The average molecular weight is 463 g/mol. The molecule has 2 aromatic carbocycles. The number of halogens is 1. The first kappa shape index (κ1) is 22.9. The van der Waals surface area contributed by atoms with E-state index in [0.717, 1.165) is 10.0 Å². The third-order valence-corrected chi connectivity index (χ3v) is 4.61. The summed E-state index contributed by atoms with van der Waals surface area (Å²) < 4.78 is 16.8. The average Bonchev–Trinajstić information content (AvgIpc) is 2.64. The molecule has 6 heteroatoms. The predicted octanol–water partition coefficient (Wildman–Crippen LogP) is 5.54. The second-order valence-corrected chi connectivity index (χ2v) is 9.03. The van der Waals surface area contributed by atoms with E-state index in [1.807, 2.05) is 32.0 Å². The molecule has 0 aliphatic rings. The van der Waals surface area contributed by atoms with Gasteiger partial charge < -0.3 is 14.2 Å². The van der Waals surface area contributed by atoms with Crippen LogP contribution in [0.25, 0.3) is 0 Å². The third-order valence-electron chi connectivity index (χ3n) is 3.99. The standard InChI is InChI=1S/C23H27BrO5/c1-15(2)13-28-22(26)16-7-6-8-18(11-16)29-21(25)14-27-20-10-9-17(12-19(20)24)23(3,4)5/h6-12,15H,13-14H2,1-5H3. The van der Waals surface area contributed by atoms with Gasteiger partial charge in [-0.15, -0.1) is 0 Å². The second-order valence-electron chi connectivity index (χ2n) is 8.18. The van der Waals surface area contributed by atoms with Crippen molar-refractivity contribution in [3.8, 4) is 11.5 Å². The molecular weight excluding hydrogens is 436 g/mol. The van der Waals surface area contributed by atoms with E-state index in [1.54, 1.807) is 18.2 Å². The highest BCUT2D eigenvalue weighted by atomic mass is 79.9. The number of ether oxygens (including phenoxy) is 3. The Morgan fingerprint density at radius 2 is 1.79 bits per heavy atom. The molecule has 5 nitrogen and oxygen atoms in total. The van der Waals surface area contributed by atoms with E-state index in [2.05, 4.69) is 36.7 Å². The van der Waals surface area contributed by atoms with Crippen LogP contribution in [0.15, 0.2) is 46.9 Å². The van der Waals surface area contributed by atoms with Crippen LogP contribution in [0.1, 0.15) is 50.5 Å². The lowest BCUT2D eigenvalue weighted by molar-refractivity contribution is -0.136. The summed E-state index contributed by atoms with van der Waals surface area (Å²) in [7, 11) is 0. The minimum absolute atomic E-state index is 0.0152. The molecule has 0 amide bonds. The number of benzene rings is 2. The summed E-state index contributed by atoms with van der Waals surface area (Å²) in [5, 5.41) is 0. The van der Waals surface area contributed by atoms with E-state index in [-0.39, 0.29) is 23.7 Å². The summed E-state index contributed by atoms with van der Waals surface area (Å²) in [6, 6.07) is 12.1. The van der Waals surface area contributed by atoms with E-state index in [9.17, 15) is 9.59 Å². The highest BCUT2D eigenvalue weighted by Gasteiger charge is 2.16. The summed E-state index contributed by atoms with van der Waals surface area (Å²) in [6.07, 6.45) is 0. The van der Waals surface area contributed by atoms with Crippen LogP contribution < -0.4 is 9.47 Å². The fraction of sp³-hybridized carbons (Fsp3) is 0.391. The van der Waals surface area contributed by atoms with E-state index in [1.165, 1.54) is 6.07 Å². The van der Waals surface area contributed by atoms with E-state index in [0.29, 0.717) is 17.9 Å². The largest absolute Gasteiger partial charge is 0.481 e. The SMILES string of the molecule is CC(C)COC(=O)c1cccc(OC(=O)COc2ccc(C(C)(C)C)cc2Br)c1. The molecule has 0 aromatic heterocycles. The van der Waals surface area contributed by atoms with Crippen molar-refractivity contribution in [1.29, 1.82) is 0 Å². The molecule has 2 rings (SSSR count). The van der Waals surface area contributed by atoms with Crippen LogP contribution in [-0.2, 0) is 14.9 Å². The predicted molar refractivity (Wildman–Crippen MR) is 116 cm³/mol. The van der Waals surface area contributed by atoms with Crippen LogP contribution in [-0.4, -0.2) is 25.2 Å². The zero-order valence-corrected chi connectivity index (χ0v) is 19.0. The monoisotopic (exact) mass is 462 g/mol. The Kier molecular flexibility index (Phi) is 7.85. The summed E-state index contributed by atoms with van der Waals surface area (Å²) in [5.41, 5.74) is 1.50. The number of esters is 2. The summed E-state index contributed by atoms with van der Waals surface area (Å²) >= 11 is 3.48. The van der Waals surface area contributed by atoms with Crippen molar-refractivity contribution in [2.75, 3.05) is 13.2 Å². The van der Waals surface area contributed by atoms with Crippen molar-refractivity contribution in [1.82, 2.24) is 0 Å². The molecule has 2 aromatic rings. The maximum atomic E-state index is 12.1. The van der Waals surface area contributed by atoms with E-state index < -0.39 is 11.9 Å². The van der Waals surface area contributed by atoms with Gasteiger partial charge in [0.25, 0.3) is 0 Å². The molecule has 156 valence electrons. The molecule has 0 radical (unpaired) electrons. The number of hydrogen-bond donors (Lipinski definition) is 0. The first-order valence-electron chi connectivity index (χ1n) is 9.47. The van der Waals surface area contributed by atoms with Crippen LogP contribution in [0, 0.1) is 5.92 Å². The third kappa shape index (κ3) is 7.20. The Labute approximate surface area is 180 Å². The number of rotatable bonds is 7. The van der Waals surface area contributed by atoms with Crippen LogP contribution >= 0.6 is 15.9 Å². The van der Waals surface area contributed by atoms with Crippen molar-refractivity contribution in [3.63, 3.8) is 0 Å². The molecule has 0 heterocycles. The topological polar surface area (TPSA) is 61.8 Å². The minimum Gasteiger partial charge on any atom is -0.481 e. The van der Waals surface area contributed by atoms with Gasteiger partial charge in [-0.1, -0.05) is 46.8 Å². The smallest absolute Gasteiger partial charge is 0.349 e. The maximum Gasteiger partial charge on any atom is 0.349 e. The fourth-order valence-corrected chi connectivity index (χ4v) is 2.89. The van der Waals surface area contributed by atoms with Gasteiger partial charge in [-0.05, 0) is 63.2 Å². The molecule has 0 unspecified atom stereocenters. The van der Waals surface area contributed by atoms with Gasteiger partial charge in [0.05, 0.1) is 16.6 Å². The zero-order valence-electron chi connectivity index (χ0n) is 17.5. The van der Waals surface area contributed by atoms with Crippen LogP contribution in [0.2, 0.25) is 0 Å². The molecule has 0 bridgehead atoms. The van der Waals surface area contributed by atoms with Crippen molar-refractivity contribution < 1.29 is 23.8 Å². The lowest BCUT2D eigenvalue weighted by Gasteiger charge is -2.20. The van der Waals surface area contributed by atoms with E-state index >= 15 is 0 Å². The van der Waals surface area contributed by atoms with Crippen LogP contribution in [0.5, 0.6) is 11.5 Å². The lowest BCUT2D eigenvalue weighted by atomic mass is 9.87. The molecule has 0 saturated heterocycles. The highest BCUT2D eigenvalue weighted by Crippen LogP contribution is 2.31. The lowest BCUT2D eigenvalue weighted by Crippen LogP contribution is -2.18. The summed E-state index contributed by atoms with van der Waals surface area (Å²) in [4.78, 5) is 24.2. The normalized spacial score (nSPS) is 11.3. The molecule has 0 fully saturated rings. The second kappa shape index (κ2) is 9.92. The van der Waals surface area contributed by atoms with Gasteiger partial charge in [-0.3, -0.25) is 0 Å². The Hall–Kier alpha value is -2.34. The first-order valence-corrected chi connectivity index (χ1v) is 10.3. The minimum atomic E-state index is -0.565. The maximum absolute atomic E-state index is 12.1. The summed E-state index contributed by atoms with van der Waals surface area (Å²) in [5.74, 6) is 0.0508. The molecule has 0 saturated carbocycles. The van der Waals surface area contributed by atoms with Crippen molar-refractivity contribution in [3.05, 3.63) is 58.1 Å². The molecule has 0 aliphatic heterocycles. The molecule has 0 aliphatic carbocycles. The molecule has 0 spiro atoms. The van der Waals surface area contributed by atoms with Gasteiger partial charge in [0.15, 0.2) is 6.61 Å². The zero-order chi connectivity index (χ0) is 21.6. The van der Waals surface area contributed by atoms with Gasteiger partial charge in [-0.25, -0.2) is 9.59 Å². The quantitative estimate of drug-likeness (QED) is 0.398. The van der Waals surface area contributed by atoms with Gasteiger partial charge in [0.2, 0.25) is 0 Å². The fourth-order valence-electron chi connectivity index (χ4n) is 2.39. The van der Waals surface area contributed by atoms with E-state index in [4.69, 9.17) is 14.2 Å². The van der Waals surface area contributed by atoms with Gasteiger partial charge >= 0.3 is 11.9 Å². The summed E-state index contributed by atoms with van der Waals surface area (Å²) in [6.45, 7) is 10.4. The number of hydrogen-bond acceptors (Lipinski definition) is 5. The number of carbonyl (C=O) groups excluding carboxylic acids is 2. The van der Waals surface area contributed by atoms with Gasteiger partial charge in [0.1, 0.15) is 11.5 Å². The molecule has 29 heavy (non-hydrogen) atoms. The number of carbonyl (C=O) groups is 2. The highest BCUT2D eigenvalue weighted by molar-refractivity contribution is 9.10. The molecule has 0 atom stereocenters. The van der Waals surface area contributed by atoms with Crippen molar-refractivity contribution >= 4 is 27.9 Å². The first-order chi connectivity index (χ1) is 13.6. The Balaban J connectivity index is 1.94. The van der Waals surface area contributed by atoms with Crippen molar-refractivity contribution in [2.24, 2.45) is 5.92 Å². The Morgan fingerprint density at radius 1 is 1.07 bits per heavy atom. The van der Waals surface area contributed by atoms with Crippen molar-refractivity contribution in [2.45, 2.75) is 40.0 Å². The van der Waals surface area contributed by atoms with Gasteiger partial charge in [-0.2, -0.15) is 0 Å². The van der Waals surface area contributed by atoms with Crippen LogP contribution in [0.3, 0.4) is 0 Å². The van der Waals surface area contributed by atoms with Gasteiger partial charge in [0, 0.05) is 0 Å².